The highest BCUT2D eigenvalue weighted by molar-refractivity contribution is 6.31. The molecule has 0 aliphatic heterocycles. The molecule has 0 radical (unpaired) electrons. The number of nitrogens with one attached hydrogen (secondary N) is 1. The molecule has 1 N–H and O–H groups in total. The molecular formula is C22H17ClF2N4O3. The Morgan fingerprint density at radius 2 is 2.03 bits per heavy atom. The average Bonchev–Trinajstić information content (AvgIpc) is 3.34. The van der Waals surface area contributed by atoms with Gasteiger partial charge in [-0.25, -0.2) is 8.78 Å². The van der Waals surface area contributed by atoms with E-state index in [-0.39, 0.29) is 17.3 Å². The highest BCUT2D eigenvalue weighted by Crippen LogP contribution is 2.21. The number of ether oxygens (including phenoxy) is 1. The molecule has 7 nitrogen and oxygen atoms in total. The van der Waals surface area contributed by atoms with Crippen LogP contribution in [0.4, 0.5) is 14.5 Å². The molecule has 0 aliphatic carbocycles. The van der Waals surface area contributed by atoms with Crippen LogP contribution in [0.1, 0.15) is 27.4 Å². The number of aromatic nitrogens is 3. The van der Waals surface area contributed by atoms with Crippen molar-refractivity contribution in [2.45, 2.75) is 20.1 Å². The van der Waals surface area contributed by atoms with E-state index in [4.69, 9.17) is 20.9 Å². The second-order valence-corrected chi connectivity index (χ2v) is 7.34. The molecule has 4 rings (SSSR count). The Balaban J connectivity index is 1.43. The molecule has 2 aromatic heterocycles. The first-order valence-electron chi connectivity index (χ1n) is 9.50. The van der Waals surface area contributed by atoms with E-state index in [0.717, 1.165) is 0 Å². The predicted molar refractivity (Wildman–Crippen MR) is 113 cm³/mol. The number of rotatable bonds is 7. The van der Waals surface area contributed by atoms with Crippen molar-refractivity contribution in [3.8, 4) is 5.75 Å². The van der Waals surface area contributed by atoms with E-state index < -0.39 is 17.5 Å². The van der Waals surface area contributed by atoms with Crippen LogP contribution in [0.5, 0.6) is 5.75 Å². The molecule has 0 saturated carbocycles. The van der Waals surface area contributed by atoms with E-state index in [1.807, 2.05) is 0 Å². The minimum absolute atomic E-state index is 0.0239. The third-order valence-corrected chi connectivity index (χ3v) is 4.97. The van der Waals surface area contributed by atoms with Crippen molar-refractivity contribution in [3.05, 3.63) is 94.1 Å². The van der Waals surface area contributed by atoms with E-state index in [1.165, 1.54) is 36.5 Å². The van der Waals surface area contributed by atoms with Gasteiger partial charge in [0.1, 0.15) is 29.8 Å². The van der Waals surface area contributed by atoms with E-state index in [1.54, 1.807) is 29.9 Å². The number of nitrogens with zero attached hydrogens (tertiary/aromatic N) is 3. The normalized spacial score (nSPS) is 10.9. The summed E-state index contributed by atoms with van der Waals surface area (Å²) in [7, 11) is 0. The molecule has 2 aromatic carbocycles. The lowest BCUT2D eigenvalue weighted by molar-refractivity contribution is 0.101. The van der Waals surface area contributed by atoms with Crippen molar-refractivity contribution < 1.29 is 22.8 Å². The zero-order chi connectivity index (χ0) is 22.7. The summed E-state index contributed by atoms with van der Waals surface area (Å²) in [6.07, 6.45) is 3.07. The van der Waals surface area contributed by atoms with Crippen molar-refractivity contribution in [1.82, 2.24) is 14.9 Å². The van der Waals surface area contributed by atoms with E-state index in [2.05, 4.69) is 15.6 Å². The highest BCUT2D eigenvalue weighted by Gasteiger charge is 2.21. The molecule has 0 fully saturated rings. The highest BCUT2D eigenvalue weighted by atomic mass is 35.5. The quantitative estimate of drug-likeness (QED) is 0.422. The summed E-state index contributed by atoms with van der Waals surface area (Å²) in [5.41, 5.74) is 1.59. The summed E-state index contributed by atoms with van der Waals surface area (Å²) >= 11 is 6.05. The van der Waals surface area contributed by atoms with Gasteiger partial charge in [-0.2, -0.15) is 5.10 Å². The minimum atomic E-state index is -0.515. The standard InChI is InChI=1S/C22H17ClF2N4O3/c1-13-19(12-31-18-4-2-3-15(24)7-18)21(28-32-13)22(30)27-17-9-26-29(11-17)10-14-5-6-16(25)8-20(14)23/h2-9,11H,10,12H2,1H3,(H,27,30). The Hall–Kier alpha value is -3.72. The molecule has 1 amide bonds. The second kappa shape index (κ2) is 9.19. The van der Waals surface area contributed by atoms with Crippen LogP contribution in [0.25, 0.3) is 0 Å². The molecule has 0 spiro atoms. The van der Waals surface area contributed by atoms with Crippen molar-refractivity contribution >= 4 is 23.2 Å². The number of hydrogen-bond acceptors (Lipinski definition) is 5. The number of carbonyl (C=O) groups excluding carboxylic acids is 1. The van der Waals surface area contributed by atoms with E-state index >= 15 is 0 Å². The zero-order valence-electron chi connectivity index (χ0n) is 16.8. The number of aryl methyl sites for hydroxylation is 1. The number of anilines is 1. The largest absolute Gasteiger partial charge is 0.489 e. The Kier molecular flexibility index (Phi) is 6.18. The second-order valence-electron chi connectivity index (χ2n) is 6.93. The van der Waals surface area contributed by atoms with Gasteiger partial charge in [-0.15, -0.1) is 0 Å². The van der Waals surface area contributed by atoms with Crippen molar-refractivity contribution in [2.75, 3.05) is 5.32 Å². The van der Waals surface area contributed by atoms with E-state index in [9.17, 15) is 13.6 Å². The lowest BCUT2D eigenvalue weighted by Crippen LogP contribution is -2.15. The lowest BCUT2D eigenvalue weighted by atomic mass is 10.2. The average molecular weight is 459 g/mol. The Labute approximate surface area is 186 Å². The van der Waals surface area contributed by atoms with Crippen molar-refractivity contribution in [1.29, 1.82) is 0 Å². The number of benzene rings is 2. The molecule has 4 aromatic rings. The SMILES string of the molecule is Cc1onc(C(=O)Nc2cnn(Cc3ccc(F)cc3Cl)c2)c1COc1cccc(F)c1. The third-order valence-electron chi connectivity index (χ3n) is 4.62. The van der Waals surface area contributed by atoms with Crippen molar-refractivity contribution in [2.24, 2.45) is 0 Å². The first-order chi connectivity index (χ1) is 15.4. The summed E-state index contributed by atoms with van der Waals surface area (Å²) in [6, 6.07) is 9.78. The fourth-order valence-corrected chi connectivity index (χ4v) is 3.21. The molecule has 0 aliphatic rings. The Morgan fingerprint density at radius 3 is 2.81 bits per heavy atom. The van der Waals surface area contributed by atoms with Gasteiger partial charge in [0, 0.05) is 17.3 Å². The van der Waals surface area contributed by atoms with Gasteiger partial charge >= 0.3 is 0 Å². The summed E-state index contributed by atoms with van der Waals surface area (Å²) in [5, 5.41) is 11.0. The fourth-order valence-electron chi connectivity index (χ4n) is 2.98. The van der Waals surface area contributed by atoms with Crippen molar-refractivity contribution in [3.63, 3.8) is 0 Å². The van der Waals surface area contributed by atoms with Crippen LogP contribution in [0.3, 0.4) is 0 Å². The summed E-state index contributed by atoms with van der Waals surface area (Å²) in [5.74, 6) is -0.640. The van der Waals surface area contributed by atoms with Gasteiger partial charge in [0.2, 0.25) is 0 Å². The predicted octanol–water partition coefficient (Wildman–Crippen LogP) is 4.99. The number of halogens is 3. The fraction of sp³-hybridized carbons (Fsp3) is 0.136. The van der Waals surface area contributed by atoms with Gasteiger partial charge in [-0.05, 0) is 36.8 Å². The smallest absolute Gasteiger partial charge is 0.278 e. The minimum Gasteiger partial charge on any atom is -0.489 e. The first-order valence-corrected chi connectivity index (χ1v) is 9.88. The maximum Gasteiger partial charge on any atom is 0.278 e. The number of amides is 1. The summed E-state index contributed by atoms with van der Waals surface area (Å²) in [6.45, 7) is 1.92. The maximum atomic E-state index is 13.3. The number of hydrogen-bond donors (Lipinski definition) is 1. The molecule has 0 unspecified atom stereocenters. The molecular weight excluding hydrogens is 442 g/mol. The molecule has 0 bridgehead atoms. The first kappa shape index (κ1) is 21.5. The van der Waals surface area contributed by atoms with Gasteiger partial charge < -0.3 is 14.6 Å². The third kappa shape index (κ3) is 4.94. The van der Waals surface area contributed by atoms with Gasteiger partial charge in [0.15, 0.2) is 5.69 Å². The van der Waals surface area contributed by atoms with Crippen LogP contribution >= 0.6 is 11.6 Å². The van der Waals surface area contributed by atoms with Crippen LogP contribution in [0.15, 0.2) is 59.4 Å². The van der Waals surface area contributed by atoms with E-state index in [0.29, 0.717) is 34.9 Å². The topological polar surface area (TPSA) is 82.2 Å². The van der Waals surface area contributed by atoms with Gasteiger partial charge in [-0.3, -0.25) is 9.48 Å². The zero-order valence-corrected chi connectivity index (χ0v) is 17.6. The Bertz CT molecular complexity index is 1270. The van der Waals surface area contributed by atoms with Gasteiger partial charge in [-0.1, -0.05) is 28.9 Å². The lowest BCUT2D eigenvalue weighted by Gasteiger charge is -2.07. The number of carbonyl (C=O) groups is 1. The van der Waals surface area contributed by atoms with Gasteiger partial charge in [0.25, 0.3) is 5.91 Å². The molecule has 0 atom stereocenters. The molecule has 2 heterocycles. The Morgan fingerprint density at radius 1 is 1.22 bits per heavy atom. The monoisotopic (exact) mass is 458 g/mol. The molecule has 32 heavy (non-hydrogen) atoms. The molecule has 0 saturated heterocycles. The van der Waals surface area contributed by atoms with Crippen LogP contribution in [-0.4, -0.2) is 20.8 Å². The summed E-state index contributed by atoms with van der Waals surface area (Å²) < 4.78 is 38.8. The summed E-state index contributed by atoms with van der Waals surface area (Å²) in [4.78, 5) is 12.7. The van der Waals surface area contributed by atoms with Gasteiger partial charge in [0.05, 0.1) is 24.0 Å². The molecule has 164 valence electrons. The van der Waals surface area contributed by atoms with Crippen LogP contribution in [0.2, 0.25) is 5.02 Å². The molecule has 10 heteroatoms. The van der Waals surface area contributed by atoms with Crippen LogP contribution < -0.4 is 10.1 Å². The maximum absolute atomic E-state index is 13.3. The van der Waals surface area contributed by atoms with Crippen LogP contribution in [0, 0.1) is 18.6 Å². The van der Waals surface area contributed by atoms with Crippen LogP contribution in [-0.2, 0) is 13.2 Å².